The highest BCUT2D eigenvalue weighted by Gasteiger charge is 2.06. The third-order valence-electron chi connectivity index (χ3n) is 2.53. The fourth-order valence-electron chi connectivity index (χ4n) is 1.57. The quantitative estimate of drug-likeness (QED) is 0.850. The first kappa shape index (κ1) is 14.0. The van der Waals surface area contributed by atoms with Gasteiger partial charge in [-0.2, -0.15) is 0 Å². The van der Waals surface area contributed by atoms with Crippen LogP contribution >= 0.6 is 11.8 Å². The number of aryl methyl sites for hydroxylation is 1. The minimum atomic E-state index is 0.479. The molecule has 0 unspecified atom stereocenters. The van der Waals surface area contributed by atoms with Gasteiger partial charge in [-0.1, -0.05) is 19.9 Å². The summed E-state index contributed by atoms with van der Waals surface area (Å²) in [7, 11) is 0. The van der Waals surface area contributed by atoms with Crippen LogP contribution in [0.2, 0.25) is 0 Å². The van der Waals surface area contributed by atoms with Crippen LogP contribution in [0.1, 0.15) is 25.0 Å². The molecule has 0 saturated carbocycles. The van der Waals surface area contributed by atoms with Gasteiger partial charge in [0, 0.05) is 31.2 Å². The number of rotatable bonds is 5. The van der Waals surface area contributed by atoms with Crippen molar-refractivity contribution in [1.82, 2.24) is 20.3 Å². The molecular weight excluding hydrogens is 256 g/mol. The number of hydrogen-bond donors (Lipinski definition) is 1. The van der Waals surface area contributed by atoms with Crippen molar-refractivity contribution in [2.24, 2.45) is 0 Å². The molecule has 0 fully saturated rings. The maximum Gasteiger partial charge on any atom is 0.193 e. The van der Waals surface area contributed by atoms with Gasteiger partial charge in [-0.05, 0) is 35.9 Å². The van der Waals surface area contributed by atoms with Crippen LogP contribution in [-0.4, -0.2) is 21.0 Å². The molecule has 0 saturated heterocycles. The smallest absolute Gasteiger partial charge is 0.193 e. The molecule has 0 aromatic carbocycles. The summed E-state index contributed by atoms with van der Waals surface area (Å²) in [4.78, 5) is 12.9. The van der Waals surface area contributed by atoms with E-state index >= 15 is 0 Å². The van der Waals surface area contributed by atoms with Crippen molar-refractivity contribution in [2.45, 2.75) is 43.5 Å². The van der Waals surface area contributed by atoms with Crippen molar-refractivity contribution in [3.63, 3.8) is 0 Å². The van der Waals surface area contributed by atoms with Crippen molar-refractivity contribution in [3.05, 3.63) is 41.9 Å². The van der Waals surface area contributed by atoms with E-state index in [0.717, 1.165) is 22.3 Å². The van der Waals surface area contributed by atoms with Gasteiger partial charge in [-0.25, -0.2) is 15.0 Å². The zero-order valence-corrected chi connectivity index (χ0v) is 12.2. The van der Waals surface area contributed by atoms with Crippen molar-refractivity contribution >= 4 is 11.8 Å². The van der Waals surface area contributed by atoms with E-state index in [1.54, 1.807) is 12.4 Å². The maximum absolute atomic E-state index is 4.49. The number of nitrogens with zero attached hydrogens (tertiary/aromatic N) is 3. The van der Waals surface area contributed by atoms with E-state index in [9.17, 15) is 0 Å². The van der Waals surface area contributed by atoms with Crippen LogP contribution in [0.3, 0.4) is 0 Å². The average Bonchev–Trinajstić information content (AvgIpc) is 2.40. The first-order valence-electron chi connectivity index (χ1n) is 6.29. The SMILES string of the molecule is Cc1cc(CNC(C)C)cnc1Sc1ncccn1. The van der Waals surface area contributed by atoms with Crippen LogP contribution < -0.4 is 5.32 Å². The van der Waals surface area contributed by atoms with Crippen LogP contribution in [0.4, 0.5) is 0 Å². The summed E-state index contributed by atoms with van der Waals surface area (Å²) in [6, 6.07) is 4.45. The van der Waals surface area contributed by atoms with E-state index in [1.807, 2.05) is 12.3 Å². The lowest BCUT2D eigenvalue weighted by atomic mass is 10.2. The lowest BCUT2D eigenvalue weighted by Gasteiger charge is -2.09. The number of hydrogen-bond acceptors (Lipinski definition) is 5. The fourth-order valence-corrected chi connectivity index (χ4v) is 2.30. The molecule has 0 aliphatic rings. The monoisotopic (exact) mass is 274 g/mol. The summed E-state index contributed by atoms with van der Waals surface area (Å²) in [6.07, 6.45) is 5.39. The van der Waals surface area contributed by atoms with Crippen molar-refractivity contribution < 1.29 is 0 Å². The third-order valence-corrected chi connectivity index (χ3v) is 3.55. The Kier molecular flexibility index (Phi) is 4.87. The summed E-state index contributed by atoms with van der Waals surface area (Å²) < 4.78 is 0. The van der Waals surface area contributed by atoms with E-state index in [-0.39, 0.29) is 0 Å². The first-order chi connectivity index (χ1) is 9.15. The molecule has 100 valence electrons. The molecular formula is C14H18N4S. The Morgan fingerprint density at radius 3 is 2.58 bits per heavy atom. The highest BCUT2D eigenvalue weighted by atomic mass is 32.2. The highest BCUT2D eigenvalue weighted by Crippen LogP contribution is 2.25. The third kappa shape index (κ3) is 4.29. The standard InChI is InChI=1S/C14H18N4S/c1-10(2)17-8-12-7-11(3)13(18-9-12)19-14-15-5-4-6-16-14/h4-7,9-10,17H,8H2,1-3H3. The maximum atomic E-state index is 4.49. The van der Waals surface area contributed by atoms with E-state index in [0.29, 0.717) is 6.04 Å². The lowest BCUT2D eigenvalue weighted by molar-refractivity contribution is 0.587. The summed E-state index contributed by atoms with van der Waals surface area (Å²) in [5, 5.41) is 5.07. The predicted molar refractivity (Wildman–Crippen MR) is 77.1 cm³/mol. The summed E-state index contributed by atoms with van der Waals surface area (Å²) in [5.74, 6) is 0. The number of nitrogens with one attached hydrogen (secondary N) is 1. The molecule has 5 heteroatoms. The second kappa shape index (κ2) is 6.63. The predicted octanol–water partition coefficient (Wildman–Crippen LogP) is 2.83. The molecule has 2 aromatic heterocycles. The van der Waals surface area contributed by atoms with Crippen LogP contribution in [0.15, 0.2) is 40.9 Å². The largest absolute Gasteiger partial charge is 0.310 e. The van der Waals surface area contributed by atoms with Crippen LogP contribution in [-0.2, 0) is 6.54 Å². The molecule has 0 amide bonds. The number of pyridine rings is 1. The van der Waals surface area contributed by atoms with Gasteiger partial charge in [-0.3, -0.25) is 0 Å². The van der Waals surface area contributed by atoms with Gasteiger partial charge in [0.25, 0.3) is 0 Å². The molecule has 0 aliphatic heterocycles. The van der Waals surface area contributed by atoms with Crippen molar-refractivity contribution in [3.8, 4) is 0 Å². The van der Waals surface area contributed by atoms with Gasteiger partial charge < -0.3 is 5.32 Å². The molecule has 0 radical (unpaired) electrons. The lowest BCUT2D eigenvalue weighted by Crippen LogP contribution is -2.21. The molecule has 1 N–H and O–H groups in total. The van der Waals surface area contributed by atoms with Gasteiger partial charge >= 0.3 is 0 Å². The molecule has 0 aliphatic carbocycles. The second-order valence-corrected chi connectivity index (χ2v) is 5.59. The van der Waals surface area contributed by atoms with E-state index < -0.39 is 0 Å². The average molecular weight is 274 g/mol. The van der Waals surface area contributed by atoms with E-state index in [2.05, 4.69) is 47.1 Å². The van der Waals surface area contributed by atoms with Gasteiger partial charge in [0.15, 0.2) is 5.16 Å². The zero-order valence-electron chi connectivity index (χ0n) is 11.4. The minimum Gasteiger partial charge on any atom is -0.310 e. The minimum absolute atomic E-state index is 0.479. The number of aromatic nitrogens is 3. The Morgan fingerprint density at radius 1 is 1.21 bits per heavy atom. The molecule has 2 rings (SSSR count). The molecule has 0 bridgehead atoms. The molecule has 0 atom stereocenters. The van der Waals surface area contributed by atoms with Crippen molar-refractivity contribution in [1.29, 1.82) is 0 Å². The summed E-state index contributed by atoms with van der Waals surface area (Å²) in [6.45, 7) is 7.18. The van der Waals surface area contributed by atoms with Gasteiger partial charge in [-0.15, -0.1) is 0 Å². The van der Waals surface area contributed by atoms with E-state index in [4.69, 9.17) is 0 Å². The molecule has 2 heterocycles. The Labute approximate surface area is 118 Å². The van der Waals surface area contributed by atoms with Gasteiger partial charge in [0.05, 0.1) is 0 Å². The molecule has 4 nitrogen and oxygen atoms in total. The van der Waals surface area contributed by atoms with Crippen molar-refractivity contribution in [2.75, 3.05) is 0 Å². The highest BCUT2D eigenvalue weighted by molar-refractivity contribution is 7.99. The van der Waals surface area contributed by atoms with Crippen LogP contribution in [0, 0.1) is 6.92 Å². The second-order valence-electron chi connectivity index (χ2n) is 4.63. The molecule has 2 aromatic rings. The van der Waals surface area contributed by atoms with Gasteiger partial charge in [0.1, 0.15) is 5.03 Å². The normalized spacial score (nSPS) is 10.9. The van der Waals surface area contributed by atoms with Crippen LogP contribution in [0.25, 0.3) is 0 Å². The zero-order chi connectivity index (χ0) is 13.7. The topological polar surface area (TPSA) is 50.7 Å². The van der Waals surface area contributed by atoms with Crippen LogP contribution in [0.5, 0.6) is 0 Å². The Hall–Kier alpha value is -1.46. The molecule has 0 spiro atoms. The summed E-state index contributed by atoms with van der Waals surface area (Å²) >= 11 is 1.49. The summed E-state index contributed by atoms with van der Waals surface area (Å²) in [5.41, 5.74) is 2.35. The van der Waals surface area contributed by atoms with Gasteiger partial charge in [0.2, 0.25) is 0 Å². The molecule has 19 heavy (non-hydrogen) atoms. The Balaban J connectivity index is 2.07. The Bertz CT molecular complexity index is 528. The first-order valence-corrected chi connectivity index (χ1v) is 7.10. The Morgan fingerprint density at radius 2 is 1.95 bits per heavy atom. The van der Waals surface area contributed by atoms with E-state index in [1.165, 1.54) is 17.3 Å². The fraction of sp³-hybridized carbons (Fsp3) is 0.357.